The van der Waals surface area contributed by atoms with Gasteiger partial charge in [-0.2, -0.15) is 5.26 Å². The summed E-state index contributed by atoms with van der Waals surface area (Å²) in [6.07, 6.45) is -0.929. The minimum absolute atomic E-state index is 0.0216. The molecule has 9 heteroatoms. The number of hydrogen-bond donors (Lipinski definition) is 3. The first-order chi connectivity index (χ1) is 10.4. The van der Waals surface area contributed by atoms with Crippen molar-refractivity contribution in [3.63, 3.8) is 0 Å². The van der Waals surface area contributed by atoms with Crippen molar-refractivity contribution in [1.29, 1.82) is 5.26 Å². The van der Waals surface area contributed by atoms with E-state index in [2.05, 4.69) is 9.97 Å². The number of hydrogen-bond acceptors (Lipinski definition) is 7. The molecule has 0 aromatic carbocycles. The summed E-state index contributed by atoms with van der Waals surface area (Å²) in [6.45, 7) is 1.01. The van der Waals surface area contributed by atoms with Crippen LogP contribution in [0.3, 0.4) is 0 Å². The lowest BCUT2D eigenvalue weighted by molar-refractivity contribution is -0.0469. The number of ether oxygens (including phenoxy) is 1. The molecule has 0 unspecified atom stereocenters. The number of aliphatic hydroxyl groups is 2. The van der Waals surface area contributed by atoms with Gasteiger partial charge in [-0.15, -0.1) is 0 Å². The van der Waals surface area contributed by atoms with Crippen LogP contribution in [0.4, 0.5) is 10.2 Å². The van der Waals surface area contributed by atoms with E-state index in [-0.39, 0.29) is 16.9 Å². The number of nitriles is 1. The molecule has 2 aromatic rings. The van der Waals surface area contributed by atoms with E-state index in [1.165, 1.54) is 17.8 Å². The average molecular weight is 307 g/mol. The molecular weight excluding hydrogens is 293 g/mol. The van der Waals surface area contributed by atoms with Crippen molar-refractivity contribution < 1.29 is 19.3 Å². The van der Waals surface area contributed by atoms with E-state index in [4.69, 9.17) is 10.5 Å². The fraction of sp³-hybridized carbons (Fsp3) is 0.462. The minimum atomic E-state index is -1.38. The van der Waals surface area contributed by atoms with E-state index < -0.39 is 36.3 Å². The summed E-state index contributed by atoms with van der Waals surface area (Å²) >= 11 is 0. The molecule has 1 aliphatic heterocycles. The molecule has 2 aromatic heterocycles. The topological polar surface area (TPSA) is 130 Å². The number of nitrogen functional groups attached to an aromatic ring is 1. The highest BCUT2D eigenvalue weighted by atomic mass is 19.1. The van der Waals surface area contributed by atoms with Gasteiger partial charge in [-0.1, -0.05) is 0 Å². The molecule has 0 amide bonds. The third-order valence-electron chi connectivity index (χ3n) is 4.05. The van der Waals surface area contributed by atoms with E-state index >= 15 is 0 Å². The molecule has 8 nitrogen and oxygen atoms in total. The smallest absolute Gasteiger partial charge is 0.157 e. The zero-order valence-electron chi connectivity index (χ0n) is 11.6. The Hall–Kier alpha value is -2.28. The SMILES string of the molecule is C[C@@]1(C#N)[C@H](O)[C@@H](CO)O[C@H]1n1cc(F)c2c(N)ncnc21. The number of nitrogens with zero attached hydrogens (tertiary/aromatic N) is 4. The van der Waals surface area contributed by atoms with E-state index in [1.54, 1.807) is 0 Å². The van der Waals surface area contributed by atoms with Crippen molar-refractivity contribution in [3.8, 4) is 6.07 Å². The zero-order valence-corrected chi connectivity index (χ0v) is 11.6. The van der Waals surface area contributed by atoms with Crippen LogP contribution in [-0.4, -0.2) is 43.6 Å². The Morgan fingerprint density at radius 3 is 2.95 bits per heavy atom. The summed E-state index contributed by atoms with van der Waals surface area (Å²) in [5.74, 6) is -0.684. The van der Waals surface area contributed by atoms with Crippen LogP contribution in [0.1, 0.15) is 13.2 Å². The molecule has 0 spiro atoms. The Morgan fingerprint density at radius 2 is 2.32 bits per heavy atom. The largest absolute Gasteiger partial charge is 0.394 e. The molecule has 0 aliphatic carbocycles. The van der Waals surface area contributed by atoms with Crippen molar-refractivity contribution in [3.05, 3.63) is 18.3 Å². The van der Waals surface area contributed by atoms with Gasteiger partial charge >= 0.3 is 0 Å². The molecule has 4 atom stereocenters. The van der Waals surface area contributed by atoms with Crippen molar-refractivity contribution in [2.24, 2.45) is 5.41 Å². The molecule has 22 heavy (non-hydrogen) atoms. The molecular formula is C13H14FN5O3. The Bertz CT molecular complexity index is 773. The standard InChI is InChI=1S/C13H14FN5O3/c1-13(4-15)9(21)7(3-20)22-12(13)19-2-6(14)8-10(16)17-5-18-11(8)19/h2,5,7,9,12,20-21H,3H2,1H3,(H2,16,17,18)/t7-,9-,12-,13-/m1/s1. The van der Waals surface area contributed by atoms with E-state index in [0.29, 0.717) is 0 Å². The van der Waals surface area contributed by atoms with Crippen LogP contribution >= 0.6 is 0 Å². The lowest BCUT2D eigenvalue weighted by atomic mass is 9.84. The molecule has 116 valence electrons. The van der Waals surface area contributed by atoms with Crippen LogP contribution in [0.5, 0.6) is 0 Å². The van der Waals surface area contributed by atoms with Gasteiger partial charge in [0.15, 0.2) is 17.7 Å². The second-order valence-corrected chi connectivity index (χ2v) is 5.39. The van der Waals surface area contributed by atoms with Crippen molar-refractivity contribution in [2.45, 2.75) is 25.4 Å². The van der Waals surface area contributed by atoms with Gasteiger partial charge in [0.2, 0.25) is 0 Å². The summed E-state index contributed by atoms with van der Waals surface area (Å²) in [7, 11) is 0. The summed E-state index contributed by atoms with van der Waals surface area (Å²) in [4.78, 5) is 7.71. The van der Waals surface area contributed by atoms with Gasteiger partial charge in [0, 0.05) is 6.20 Å². The maximum atomic E-state index is 14.1. The van der Waals surface area contributed by atoms with Gasteiger partial charge in [-0.3, -0.25) is 0 Å². The minimum Gasteiger partial charge on any atom is -0.394 e. The normalized spacial score (nSPS) is 31.5. The molecule has 1 aliphatic rings. The van der Waals surface area contributed by atoms with Gasteiger partial charge in [0.25, 0.3) is 0 Å². The first-order valence-electron chi connectivity index (χ1n) is 6.56. The van der Waals surface area contributed by atoms with Crippen LogP contribution in [-0.2, 0) is 4.74 Å². The molecule has 1 fully saturated rings. The first kappa shape index (κ1) is 14.6. The Balaban J connectivity index is 2.20. The highest BCUT2D eigenvalue weighted by Crippen LogP contribution is 2.46. The monoisotopic (exact) mass is 307 g/mol. The third kappa shape index (κ3) is 1.78. The number of fused-ring (bicyclic) bond motifs is 1. The Kier molecular flexibility index (Phi) is 3.25. The summed E-state index contributed by atoms with van der Waals surface area (Å²) < 4.78 is 21.0. The Morgan fingerprint density at radius 1 is 1.59 bits per heavy atom. The third-order valence-corrected chi connectivity index (χ3v) is 4.05. The maximum absolute atomic E-state index is 14.1. The van der Waals surface area contributed by atoms with Gasteiger partial charge in [-0.05, 0) is 6.92 Å². The molecule has 0 saturated carbocycles. The molecule has 1 saturated heterocycles. The quantitative estimate of drug-likeness (QED) is 0.708. The summed E-state index contributed by atoms with van der Waals surface area (Å²) in [6, 6.07) is 1.99. The second-order valence-electron chi connectivity index (χ2n) is 5.39. The van der Waals surface area contributed by atoms with Crippen molar-refractivity contribution in [1.82, 2.24) is 14.5 Å². The predicted molar refractivity (Wildman–Crippen MR) is 72.6 cm³/mol. The number of aromatic nitrogens is 3. The molecule has 3 rings (SSSR count). The lowest BCUT2D eigenvalue weighted by Crippen LogP contribution is -2.37. The van der Waals surface area contributed by atoms with Gasteiger partial charge in [0.05, 0.1) is 18.1 Å². The molecule has 0 bridgehead atoms. The van der Waals surface area contributed by atoms with Gasteiger partial charge < -0.3 is 25.3 Å². The van der Waals surface area contributed by atoms with E-state index in [0.717, 1.165) is 6.20 Å². The van der Waals surface area contributed by atoms with Crippen molar-refractivity contribution >= 4 is 16.9 Å². The highest BCUT2D eigenvalue weighted by Gasteiger charge is 2.54. The van der Waals surface area contributed by atoms with Gasteiger partial charge in [-0.25, -0.2) is 14.4 Å². The van der Waals surface area contributed by atoms with Crippen LogP contribution in [0.2, 0.25) is 0 Å². The van der Waals surface area contributed by atoms with Crippen LogP contribution in [0.25, 0.3) is 11.0 Å². The fourth-order valence-corrected chi connectivity index (χ4v) is 2.77. The molecule has 4 N–H and O–H groups in total. The molecule has 0 radical (unpaired) electrons. The lowest BCUT2D eigenvalue weighted by Gasteiger charge is -2.26. The highest BCUT2D eigenvalue weighted by molar-refractivity contribution is 5.86. The average Bonchev–Trinajstić information content (AvgIpc) is 2.97. The van der Waals surface area contributed by atoms with Crippen LogP contribution < -0.4 is 5.73 Å². The Labute approximate surface area is 124 Å². The van der Waals surface area contributed by atoms with Crippen molar-refractivity contribution in [2.75, 3.05) is 12.3 Å². The van der Waals surface area contributed by atoms with E-state index in [1.807, 2.05) is 6.07 Å². The van der Waals surface area contributed by atoms with Crippen LogP contribution in [0.15, 0.2) is 12.5 Å². The van der Waals surface area contributed by atoms with Gasteiger partial charge in [0.1, 0.15) is 29.8 Å². The number of nitrogens with two attached hydrogens (primary N) is 1. The van der Waals surface area contributed by atoms with E-state index in [9.17, 15) is 19.9 Å². The second kappa shape index (κ2) is 4.88. The van der Waals surface area contributed by atoms with Crippen LogP contribution in [0, 0.1) is 22.6 Å². The number of aliphatic hydroxyl groups excluding tert-OH is 2. The summed E-state index contributed by atoms with van der Waals surface area (Å²) in [5, 5.41) is 28.9. The zero-order chi connectivity index (χ0) is 16.1. The first-order valence-corrected chi connectivity index (χ1v) is 6.56. The number of rotatable bonds is 2. The molecule has 3 heterocycles. The number of halogens is 1. The fourth-order valence-electron chi connectivity index (χ4n) is 2.77. The number of anilines is 1. The maximum Gasteiger partial charge on any atom is 0.157 e. The predicted octanol–water partition coefficient (Wildman–Crippen LogP) is -0.0669. The summed E-state index contributed by atoms with van der Waals surface area (Å²) in [5.41, 5.74) is 4.42.